The van der Waals surface area contributed by atoms with Crippen LogP contribution < -0.4 is 0 Å². The SMILES string of the molecule is CC(C)(C)OC=O.N#CCC(=O)c1ccc(C23CN2CCO3)cc1. The van der Waals surface area contributed by atoms with Gasteiger partial charge in [0.1, 0.15) is 5.60 Å². The Kier molecular flexibility index (Phi) is 5.37. The van der Waals surface area contributed by atoms with Crippen LogP contribution in [0.4, 0.5) is 0 Å². The van der Waals surface area contributed by atoms with Crippen LogP contribution in [0.15, 0.2) is 24.3 Å². The van der Waals surface area contributed by atoms with Gasteiger partial charge in [-0.2, -0.15) is 5.26 Å². The second-order valence-corrected chi connectivity index (χ2v) is 6.72. The molecule has 1 aromatic carbocycles. The molecular weight excluding hydrogens is 308 g/mol. The Morgan fingerprint density at radius 1 is 1.42 bits per heavy atom. The molecule has 0 radical (unpaired) electrons. The van der Waals surface area contributed by atoms with Gasteiger partial charge in [0.2, 0.25) is 0 Å². The number of hydrogen-bond donors (Lipinski definition) is 0. The zero-order valence-corrected chi connectivity index (χ0v) is 14.2. The number of ether oxygens (including phenoxy) is 2. The van der Waals surface area contributed by atoms with E-state index < -0.39 is 0 Å². The Bertz CT molecular complexity index is 642. The first-order chi connectivity index (χ1) is 11.3. The van der Waals surface area contributed by atoms with Crippen LogP contribution in [0.2, 0.25) is 0 Å². The molecule has 2 aliphatic heterocycles. The molecular formula is C18H22N2O4. The molecule has 0 N–H and O–H groups in total. The fourth-order valence-electron chi connectivity index (χ4n) is 2.54. The maximum Gasteiger partial charge on any atom is 0.293 e. The van der Waals surface area contributed by atoms with E-state index in [2.05, 4.69) is 9.64 Å². The van der Waals surface area contributed by atoms with Gasteiger partial charge in [-0.25, -0.2) is 0 Å². The molecule has 2 atom stereocenters. The summed E-state index contributed by atoms with van der Waals surface area (Å²) >= 11 is 0. The third-order valence-electron chi connectivity index (χ3n) is 3.81. The van der Waals surface area contributed by atoms with Crippen molar-refractivity contribution in [2.45, 2.75) is 38.5 Å². The lowest BCUT2D eigenvalue weighted by molar-refractivity contribution is -0.138. The molecule has 2 aliphatic rings. The summed E-state index contributed by atoms with van der Waals surface area (Å²) in [5, 5.41) is 8.48. The number of benzene rings is 1. The molecule has 1 aromatic rings. The molecule has 2 unspecified atom stereocenters. The van der Waals surface area contributed by atoms with Gasteiger partial charge < -0.3 is 9.47 Å². The van der Waals surface area contributed by atoms with Gasteiger partial charge in [-0.1, -0.05) is 24.3 Å². The summed E-state index contributed by atoms with van der Waals surface area (Å²) in [6.45, 7) is 8.62. The van der Waals surface area contributed by atoms with Crippen molar-refractivity contribution in [3.63, 3.8) is 0 Å². The van der Waals surface area contributed by atoms with E-state index in [1.165, 1.54) is 0 Å². The lowest BCUT2D eigenvalue weighted by Gasteiger charge is -2.14. The van der Waals surface area contributed by atoms with Gasteiger partial charge in [0.15, 0.2) is 11.5 Å². The van der Waals surface area contributed by atoms with Gasteiger partial charge in [0.05, 0.1) is 19.1 Å². The van der Waals surface area contributed by atoms with Crippen molar-refractivity contribution < 1.29 is 19.1 Å². The van der Waals surface area contributed by atoms with Crippen LogP contribution in [-0.4, -0.2) is 42.5 Å². The Morgan fingerprint density at radius 3 is 2.46 bits per heavy atom. The number of morpholine rings is 1. The molecule has 24 heavy (non-hydrogen) atoms. The van der Waals surface area contributed by atoms with Gasteiger partial charge >= 0.3 is 0 Å². The van der Waals surface area contributed by atoms with Crippen LogP contribution in [-0.2, 0) is 20.0 Å². The first kappa shape index (κ1) is 18.1. The number of ketones is 1. The van der Waals surface area contributed by atoms with Gasteiger partial charge in [0, 0.05) is 24.2 Å². The van der Waals surface area contributed by atoms with Crippen molar-refractivity contribution in [2.75, 3.05) is 19.7 Å². The van der Waals surface area contributed by atoms with Crippen LogP contribution in [0.5, 0.6) is 0 Å². The van der Waals surface area contributed by atoms with Crippen LogP contribution in [0.25, 0.3) is 0 Å². The first-order valence-corrected chi connectivity index (χ1v) is 7.83. The van der Waals surface area contributed by atoms with Crippen LogP contribution >= 0.6 is 0 Å². The maximum atomic E-state index is 11.5. The average molecular weight is 330 g/mol. The van der Waals surface area contributed by atoms with Crippen LogP contribution in [0.3, 0.4) is 0 Å². The second-order valence-electron chi connectivity index (χ2n) is 6.72. The van der Waals surface area contributed by atoms with Gasteiger partial charge in [0.25, 0.3) is 6.47 Å². The zero-order valence-electron chi connectivity index (χ0n) is 14.2. The van der Waals surface area contributed by atoms with E-state index in [-0.39, 0.29) is 23.5 Å². The first-order valence-electron chi connectivity index (χ1n) is 7.83. The Hall–Kier alpha value is -2.23. The number of nitrogens with zero attached hydrogens (tertiary/aromatic N) is 2. The Balaban J connectivity index is 0.000000256. The number of hydrogen-bond acceptors (Lipinski definition) is 6. The van der Waals surface area contributed by atoms with Gasteiger partial charge in [-0.3, -0.25) is 14.5 Å². The van der Waals surface area contributed by atoms with E-state index >= 15 is 0 Å². The lowest BCUT2D eigenvalue weighted by atomic mass is 10.0. The van der Waals surface area contributed by atoms with E-state index in [0.717, 1.165) is 25.3 Å². The van der Waals surface area contributed by atoms with E-state index in [9.17, 15) is 9.59 Å². The summed E-state index contributed by atoms with van der Waals surface area (Å²) < 4.78 is 10.3. The largest absolute Gasteiger partial charge is 0.462 e. The van der Waals surface area contributed by atoms with E-state index in [4.69, 9.17) is 10.00 Å². The Labute approximate surface area is 142 Å². The molecule has 0 bridgehead atoms. The van der Waals surface area contributed by atoms with Crippen molar-refractivity contribution in [3.8, 4) is 6.07 Å². The van der Waals surface area contributed by atoms with Crippen molar-refractivity contribution in [3.05, 3.63) is 35.4 Å². The molecule has 2 heterocycles. The molecule has 2 saturated heterocycles. The van der Waals surface area contributed by atoms with Crippen molar-refractivity contribution in [1.82, 2.24) is 4.90 Å². The number of carbonyl (C=O) groups is 2. The summed E-state index contributed by atoms with van der Waals surface area (Å²) in [7, 11) is 0. The lowest BCUT2D eigenvalue weighted by Crippen LogP contribution is -2.17. The minimum atomic E-state index is -0.318. The van der Waals surface area contributed by atoms with Crippen LogP contribution in [0, 0.1) is 11.3 Å². The van der Waals surface area contributed by atoms with Crippen LogP contribution in [0.1, 0.15) is 43.1 Å². The number of fused-ring (bicyclic) bond motifs is 1. The van der Waals surface area contributed by atoms with Gasteiger partial charge in [-0.15, -0.1) is 0 Å². The highest BCUT2D eigenvalue weighted by molar-refractivity contribution is 5.97. The number of rotatable bonds is 4. The summed E-state index contributed by atoms with van der Waals surface area (Å²) in [6, 6.07) is 9.28. The molecule has 128 valence electrons. The molecule has 0 aromatic heterocycles. The third-order valence-corrected chi connectivity index (χ3v) is 3.81. The molecule has 0 amide bonds. The summed E-state index contributed by atoms with van der Waals surface area (Å²) in [4.78, 5) is 23.4. The summed E-state index contributed by atoms with van der Waals surface area (Å²) in [5.41, 5.74) is 1.17. The molecule has 0 saturated carbocycles. The number of Topliss-reactive ketones (excluding diaryl/α,β-unsaturated/α-hetero) is 1. The topological polar surface area (TPSA) is 79.4 Å². The van der Waals surface area contributed by atoms with E-state index in [1.807, 2.05) is 39.0 Å². The predicted octanol–water partition coefficient (Wildman–Crippen LogP) is 2.24. The molecule has 2 fully saturated rings. The second kappa shape index (κ2) is 7.12. The fraction of sp³-hybridized carbons (Fsp3) is 0.500. The summed E-state index contributed by atoms with van der Waals surface area (Å²) in [5.74, 6) is -0.128. The molecule has 6 nitrogen and oxygen atoms in total. The fourth-order valence-corrected chi connectivity index (χ4v) is 2.54. The smallest absolute Gasteiger partial charge is 0.293 e. The van der Waals surface area contributed by atoms with Crippen molar-refractivity contribution in [1.29, 1.82) is 5.26 Å². The molecule has 3 rings (SSSR count). The quantitative estimate of drug-likeness (QED) is 0.478. The zero-order chi connectivity index (χ0) is 17.8. The normalized spacial score (nSPS) is 24.0. The molecule has 6 heteroatoms. The van der Waals surface area contributed by atoms with Crippen molar-refractivity contribution in [2.24, 2.45) is 0 Å². The predicted molar refractivity (Wildman–Crippen MR) is 87.1 cm³/mol. The highest BCUT2D eigenvalue weighted by Gasteiger charge is 2.58. The molecule has 0 spiro atoms. The number of carbonyl (C=O) groups excluding carboxylic acids is 2. The monoisotopic (exact) mass is 330 g/mol. The summed E-state index contributed by atoms with van der Waals surface area (Å²) in [6.07, 6.45) is -0.0624. The minimum absolute atomic E-state index is 0.0624. The van der Waals surface area contributed by atoms with Gasteiger partial charge in [-0.05, 0) is 20.8 Å². The van der Waals surface area contributed by atoms with E-state index in [0.29, 0.717) is 12.0 Å². The highest BCUT2D eigenvalue weighted by atomic mass is 16.5. The number of nitriles is 1. The van der Waals surface area contributed by atoms with E-state index in [1.54, 1.807) is 12.1 Å². The van der Waals surface area contributed by atoms with Crippen molar-refractivity contribution >= 4 is 12.3 Å². The third kappa shape index (κ3) is 4.19. The molecule has 0 aliphatic carbocycles. The standard InChI is InChI=1S/C13H12N2O2.C5H10O2/c14-6-5-12(16)10-1-3-11(4-2-10)13-9-15(13)7-8-17-13;1-5(2,3)7-4-6/h1-4H,5,7-9H2;4H,1-3H3. The average Bonchev–Trinajstić information content (AvgIpc) is 3.09. The maximum absolute atomic E-state index is 11.5. The Morgan fingerprint density at radius 2 is 2.08 bits per heavy atom. The minimum Gasteiger partial charge on any atom is -0.462 e. The highest BCUT2D eigenvalue weighted by Crippen LogP contribution is 2.47.